The lowest BCUT2D eigenvalue weighted by Crippen LogP contribution is -2.47. The molecule has 0 unspecified atom stereocenters. The normalized spacial score (nSPS) is 21.3. The second kappa shape index (κ2) is 6.17. The molecule has 0 aromatic rings. The molecular weight excluding hydrogens is 236 g/mol. The second-order valence-corrected chi connectivity index (χ2v) is 6.81. The van der Waals surface area contributed by atoms with Crippen LogP contribution in [-0.4, -0.2) is 48.1 Å². The molecule has 2 rings (SSSR count). The molecule has 0 spiro atoms. The number of ether oxygens (including phenoxy) is 1. The van der Waals surface area contributed by atoms with Crippen LogP contribution in [0.5, 0.6) is 0 Å². The number of hydrogen-bond acceptors (Lipinski definition) is 3. The summed E-state index contributed by atoms with van der Waals surface area (Å²) in [7, 11) is 0. The Morgan fingerprint density at radius 2 is 1.74 bits per heavy atom. The maximum absolute atomic E-state index is 6.26. The first-order chi connectivity index (χ1) is 8.99. The summed E-state index contributed by atoms with van der Waals surface area (Å²) in [6.45, 7) is 14.6. The van der Waals surface area contributed by atoms with Crippen LogP contribution >= 0.6 is 0 Å². The van der Waals surface area contributed by atoms with E-state index in [0.717, 1.165) is 13.1 Å². The van der Waals surface area contributed by atoms with Gasteiger partial charge in [-0.05, 0) is 58.6 Å². The van der Waals surface area contributed by atoms with Crippen molar-refractivity contribution in [2.45, 2.75) is 59.0 Å². The highest BCUT2D eigenvalue weighted by Crippen LogP contribution is 2.33. The number of piperazine rings is 1. The molecule has 0 radical (unpaired) electrons. The van der Waals surface area contributed by atoms with Gasteiger partial charge < -0.3 is 9.64 Å². The minimum absolute atomic E-state index is 0.0848. The Balaban J connectivity index is 1.97. The second-order valence-electron chi connectivity index (χ2n) is 6.81. The van der Waals surface area contributed by atoms with Crippen LogP contribution in [0.15, 0.2) is 11.5 Å². The lowest BCUT2D eigenvalue weighted by atomic mass is 9.92. The van der Waals surface area contributed by atoms with Crippen molar-refractivity contribution in [3.05, 3.63) is 11.5 Å². The molecule has 0 bridgehead atoms. The van der Waals surface area contributed by atoms with Crippen LogP contribution in [0.2, 0.25) is 0 Å². The molecule has 110 valence electrons. The summed E-state index contributed by atoms with van der Waals surface area (Å²) in [5.74, 6) is 1.20. The van der Waals surface area contributed by atoms with E-state index in [2.05, 4.69) is 37.5 Å². The Labute approximate surface area is 118 Å². The quantitative estimate of drug-likeness (QED) is 0.727. The predicted octanol–water partition coefficient (Wildman–Crippen LogP) is 3.22. The van der Waals surface area contributed by atoms with E-state index in [9.17, 15) is 0 Å². The molecule has 19 heavy (non-hydrogen) atoms. The van der Waals surface area contributed by atoms with Gasteiger partial charge in [-0.1, -0.05) is 6.92 Å². The van der Waals surface area contributed by atoms with Gasteiger partial charge in [-0.3, -0.25) is 4.90 Å². The van der Waals surface area contributed by atoms with Crippen LogP contribution in [-0.2, 0) is 4.74 Å². The van der Waals surface area contributed by atoms with Crippen LogP contribution < -0.4 is 0 Å². The molecule has 1 aliphatic heterocycles. The predicted molar refractivity (Wildman–Crippen MR) is 80.0 cm³/mol. The van der Waals surface area contributed by atoms with Crippen LogP contribution in [0.4, 0.5) is 0 Å². The van der Waals surface area contributed by atoms with Crippen molar-refractivity contribution in [2.75, 3.05) is 32.7 Å². The maximum Gasteiger partial charge on any atom is 0.189 e. The van der Waals surface area contributed by atoms with Crippen LogP contribution in [0.1, 0.15) is 53.4 Å². The summed E-state index contributed by atoms with van der Waals surface area (Å²) in [5, 5.41) is 0. The zero-order valence-electron chi connectivity index (χ0n) is 13.2. The van der Waals surface area contributed by atoms with Crippen molar-refractivity contribution in [3.8, 4) is 0 Å². The summed E-state index contributed by atoms with van der Waals surface area (Å²) in [4.78, 5) is 5.04. The third-order valence-corrected chi connectivity index (χ3v) is 3.86. The highest BCUT2D eigenvalue weighted by atomic mass is 16.5. The summed E-state index contributed by atoms with van der Waals surface area (Å²) in [6.07, 6.45) is 5.07. The Kier molecular flexibility index (Phi) is 4.77. The van der Waals surface area contributed by atoms with Gasteiger partial charge in [0, 0.05) is 26.2 Å². The third kappa shape index (κ3) is 4.13. The van der Waals surface area contributed by atoms with E-state index < -0.39 is 0 Å². The number of hydrogen-bond donors (Lipinski definition) is 0. The molecule has 1 aliphatic carbocycles. The standard InChI is InChI=1S/C16H30N2O/c1-5-9-17-10-12-18(13-11-17)15(14-7-6-8-14)19-16(2,3)4/h5-13H2,1-4H3. The van der Waals surface area contributed by atoms with Gasteiger partial charge in [0.25, 0.3) is 0 Å². The van der Waals surface area contributed by atoms with Crippen LogP contribution in [0, 0.1) is 0 Å². The summed E-state index contributed by atoms with van der Waals surface area (Å²) in [5.41, 5.74) is 1.46. The van der Waals surface area contributed by atoms with Gasteiger partial charge in [0.15, 0.2) is 5.88 Å². The molecular formula is C16H30N2O. The van der Waals surface area contributed by atoms with Crippen molar-refractivity contribution < 1.29 is 4.74 Å². The molecule has 3 heteroatoms. The number of nitrogens with zero attached hydrogens (tertiary/aromatic N) is 2. The van der Waals surface area contributed by atoms with E-state index >= 15 is 0 Å². The van der Waals surface area contributed by atoms with Gasteiger partial charge >= 0.3 is 0 Å². The SMILES string of the molecule is CCCN1CCN(C(OC(C)(C)C)=C2CCC2)CC1. The minimum atomic E-state index is -0.0848. The minimum Gasteiger partial charge on any atom is -0.473 e. The molecule has 0 amide bonds. The van der Waals surface area contributed by atoms with Gasteiger partial charge in [-0.2, -0.15) is 0 Å². The zero-order valence-corrected chi connectivity index (χ0v) is 13.2. The molecule has 1 saturated heterocycles. The van der Waals surface area contributed by atoms with Crippen molar-refractivity contribution in [1.82, 2.24) is 9.80 Å². The summed E-state index contributed by atoms with van der Waals surface area (Å²) >= 11 is 0. The fourth-order valence-electron chi connectivity index (χ4n) is 2.71. The van der Waals surface area contributed by atoms with Gasteiger partial charge in [0.1, 0.15) is 5.60 Å². The largest absolute Gasteiger partial charge is 0.473 e. The fourth-order valence-corrected chi connectivity index (χ4v) is 2.71. The van der Waals surface area contributed by atoms with E-state index in [1.807, 2.05) is 0 Å². The molecule has 0 aromatic carbocycles. The average molecular weight is 266 g/mol. The van der Waals surface area contributed by atoms with Crippen molar-refractivity contribution in [3.63, 3.8) is 0 Å². The highest BCUT2D eigenvalue weighted by Gasteiger charge is 2.27. The van der Waals surface area contributed by atoms with Crippen LogP contribution in [0.25, 0.3) is 0 Å². The molecule has 1 heterocycles. The lowest BCUT2D eigenvalue weighted by molar-refractivity contribution is -0.0156. The fraction of sp³-hybridized carbons (Fsp3) is 0.875. The molecule has 0 aromatic heterocycles. The van der Waals surface area contributed by atoms with Gasteiger partial charge in [-0.25, -0.2) is 0 Å². The first-order valence-electron chi connectivity index (χ1n) is 7.88. The monoisotopic (exact) mass is 266 g/mol. The van der Waals surface area contributed by atoms with E-state index in [4.69, 9.17) is 4.74 Å². The molecule has 2 fully saturated rings. The topological polar surface area (TPSA) is 15.7 Å². The third-order valence-electron chi connectivity index (χ3n) is 3.86. The first kappa shape index (κ1) is 14.7. The van der Waals surface area contributed by atoms with E-state index in [-0.39, 0.29) is 5.60 Å². The molecule has 2 aliphatic rings. The van der Waals surface area contributed by atoms with Gasteiger partial charge in [0.2, 0.25) is 0 Å². The van der Waals surface area contributed by atoms with E-state index in [0.29, 0.717) is 0 Å². The molecule has 0 atom stereocenters. The van der Waals surface area contributed by atoms with Crippen molar-refractivity contribution >= 4 is 0 Å². The Hall–Kier alpha value is -0.700. The Morgan fingerprint density at radius 3 is 2.16 bits per heavy atom. The van der Waals surface area contributed by atoms with Crippen LogP contribution in [0.3, 0.4) is 0 Å². The number of allylic oxidation sites excluding steroid dienone is 1. The van der Waals surface area contributed by atoms with E-state index in [1.165, 1.54) is 51.2 Å². The van der Waals surface area contributed by atoms with E-state index in [1.54, 1.807) is 5.57 Å². The number of rotatable bonds is 4. The zero-order chi connectivity index (χ0) is 13.9. The Morgan fingerprint density at radius 1 is 1.11 bits per heavy atom. The lowest BCUT2D eigenvalue weighted by Gasteiger charge is -2.41. The summed E-state index contributed by atoms with van der Waals surface area (Å²) < 4.78 is 6.26. The smallest absolute Gasteiger partial charge is 0.189 e. The highest BCUT2D eigenvalue weighted by molar-refractivity contribution is 5.15. The Bertz CT molecular complexity index is 316. The van der Waals surface area contributed by atoms with Gasteiger partial charge in [0.05, 0.1) is 0 Å². The average Bonchev–Trinajstić information content (AvgIpc) is 2.25. The molecule has 3 nitrogen and oxygen atoms in total. The molecule has 1 saturated carbocycles. The van der Waals surface area contributed by atoms with Gasteiger partial charge in [-0.15, -0.1) is 0 Å². The van der Waals surface area contributed by atoms with Crippen molar-refractivity contribution in [2.24, 2.45) is 0 Å². The molecule has 0 N–H and O–H groups in total. The maximum atomic E-state index is 6.26. The summed E-state index contributed by atoms with van der Waals surface area (Å²) in [6, 6.07) is 0. The first-order valence-corrected chi connectivity index (χ1v) is 7.88. The van der Waals surface area contributed by atoms with Crippen molar-refractivity contribution in [1.29, 1.82) is 0 Å².